The quantitative estimate of drug-likeness (QED) is 0.560. The number of hydrogen-bond donors (Lipinski definition) is 0. The summed E-state index contributed by atoms with van der Waals surface area (Å²) in [5.41, 5.74) is 0. The van der Waals surface area contributed by atoms with Crippen molar-refractivity contribution < 1.29 is 18.3 Å². The molecule has 0 aliphatic carbocycles. The van der Waals surface area contributed by atoms with Crippen molar-refractivity contribution in [3.8, 4) is 0 Å². The molecular weight excluding hydrogens is 166 g/mol. The molecule has 0 aliphatic rings. The largest absolute Gasteiger partial charge is 0.376 e. The molecule has 4 heteroatoms. The summed E-state index contributed by atoms with van der Waals surface area (Å²) in [6, 6.07) is 0. The summed E-state index contributed by atoms with van der Waals surface area (Å²) in [5.74, 6) is 0.149. The van der Waals surface area contributed by atoms with Crippen LogP contribution in [0.15, 0.2) is 0 Å². The van der Waals surface area contributed by atoms with Crippen LogP contribution >= 0.6 is 0 Å². The predicted octanol–water partition coefficient (Wildman–Crippen LogP) is 2.03. The summed E-state index contributed by atoms with van der Waals surface area (Å²) < 4.78 is 27.6. The lowest BCUT2D eigenvalue weighted by atomic mass is 10.2. The van der Waals surface area contributed by atoms with E-state index in [4.69, 9.17) is 0 Å². The molecule has 0 aromatic carbocycles. The maximum absolute atomic E-state index is 11.5. The molecular formula is C8H14F2O2. The topological polar surface area (TPSA) is 26.3 Å². The van der Waals surface area contributed by atoms with Gasteiger partial charge in [0.1, 0.15) is 12.4 Å². The number of ketones is 1. The third-order valence-corrected chi connectivity index (χ3v) is 1.38. The maximum atomic E-state index is 11.5. The fourth-order valence-corrected chi connectivity index (χ4v) is 0.721. The third kappa shape index (κ3) is 7.60. The minimum atomic E-state index is -2.41. The second-order valence-corrected chi connectivity index (χ2v) is 2.46. The van der Waals surface area contributed by atoms with Gasteiger partial charge in [0.25, 0.3) is 6.43 Å². The van der Waals surface area contributed by atoms with E-state index in [0.29, 0.717) is 19.3 Å². The van der Waals surface area contributed by atoms with Crippen molar-refractivity contribution in [1.29, 1.82) is 0 Å². The van der Waals surface area contributed by atoms with Crippen LogP contribution in [0.1, 0.15) is 26.2 Å². The van der Waals surface area contributed by atoms with E-state index in [1.165, 1.54) is 0 Å². The number of ether oxygens (including phenoxy) is 1. The molecule has 0 bridgehead atoms. The Bertz CT molecular complexity index is 126. The van der Waals surface area contributed by atoms with Crippen LogP contribution in [0, 0.1) is 0 Å². The highest BCUT2D eigenvalue weighted by Crippen LogP contribution is 1.97. The average Bonchev–Trinajstić information content (AvgIpc) is 2.03. The highest BCUT2D eigenvalue weighted by Gasteiger charge is 2.02. The van der Waals surface area contributed by atoms with Crippen LogP contribution in [0.3, 0.4) is 0 Å². The van der Waals surface area contributed by atoms with Gasteiger partial charge in [0.05, 0.1) is 0 Å². The summed E-state index contributed by atoms with van der Waals surface area (Å²) in [6.07, 6.45) is -0.930. The highest BCUT2D eigenvalue weighted by atomic mass is 19.3. The van der Waals surface area contributed by atoms with Crippen molar-refractivity contribution in [3.63, 3.8) is 0 Å². The van der Waals surface area contributed by atoms with Gasteiger partial charge in [0.2, 0.25) is 0 Å². The Morgan fingerprint density at radius 3 is 2.67 bits per heavy atom. The number of halogens is 2. The summed E-state index contributed by atoms with van der Waals surface area (Å²) >= 11 is 0. The number of rotatable bonds is 7. The van der Waals surface area contributed by atoms with E-state index in [1.807, 2.05) is 0 Å². The fraction of sp³-hybridized carbons (Fsp3) is 0.875. The van der Waals surface area contributed by atoms with Crippen molar-refractivity contribution in [2.75, 3.05) is 13.2 Å². The average molecular weight is 180 g/mol. The second-order valence-electron chi connectivity index (χ2n) is 2.46. The Hall–Kier alpha value is -0.510. The highest BCUT2D eigenvalue weighted by molar-refractivity contribution is 5.77. The van der Waals surface area contributed by atoms with Gasteiger partial charge in [0, 0.05) is 19.4 Å². The monoisotopic (exact) mass is 180 g/mol. The summed E-state index contributed by atoms with van der Waals surface area (Å²) in [5, 5.41) is 0. The van der Waals surface area contributed by atoms with Crippen LogP contribution in [0.25, 0.3) is 0 Å². The zero-order chi connectivity index (χ0) is 9.40. The Balaban J connectivity index is 3.05. The van der Waals surface area contributed by atoms with E-state index >= 15 is 0 Å². The fourth-order valence-electron chi connectivity index (χ4n) is 0.721. The molecule has 0 heterocycles. The molecule has 0 amide bonds. The van der Waals surface area contributed by atoms with E-state index in [0.717, 1.165) is 0 Å². The predicted molar refractivity (Wildman–Crippen MR) is 41.4 cm³/mol. The van der Waals surface area contributed by atoms with Crippen molar-refractivity contribution in [1.82, 2.24) is 0 Å². The molecule has 0 fully saturated rings. The van der Waals surface area contributed by atoms with Gasteiger partial charge in [0.15, 0.2) is 0 Å². The molecule has 72 valence electrons. The molecule has 0 unspecified atom stereocenters. The first kappa shape index (κ1) is 11.5. The van der Waals surface area contributed by atoms with E-state index in [-0.39, 0.29) is 12.4 Å². The normalized spacial score (nSPS) is 10.7. The summed E-state index contributed by atoms with van der Waals surface area (Å²) in [4.78, 5) is 10.7. The molecule has 0 aliphatic heterocycles. The lowest BCUT2D eigenvalue weighted by molar-refractivity contribution is -0.119. The van der Waals surface area contributed by atoms with E-state index in [2.05, 4.69) is 4.74 Å². The first-order valence-electron chi connectivity index (χ1n) is 4.04. The Morgan fingerprint density at radius 1 is 1.50 bits per heavy atom. The Kier molecular flexibility index (Phi) is 6.85. The smallest absolute Gasteiger partial charge is 0.261 e. The minimum absolute atomic E-state index is 0.149. The molecule has 12 heavy (non-hydrogen) atoms. The zero-order valence-corrected chi connectivity index (χ0v) is 7.19. The van der Waals surface area contributed by atoms with Gasteiger partial charge >= 0.3 is 0 Å². The molecule has 0 spiro atoms. The lowest BCUT2D eigenvalue weighted by Gasteiger charge is -2.01. The Labute approximate surface area is 70.9 Å². The first-order valence-corrected chi connectivity index (χ1v) is 4.04. The van der Waals surface area contributed by atoms with Crippen LogP contribution in [-0.2, 0) is 9.53 Å². The SMILES string of the molecule is CCC(=O)CCCOCC(F)F. The second kappa shape index (κ2) is 7.16. The van der Waals surface area contributed by atoms with Crippen LogP contribution in [0.2, 0.25) is 0 Å². The number of alkyl halides is 2. The molecule has 0 radical (unpaired) electrons. The standard InChI is InChI=1S/C8H14F2O2/c1-2-7(11)4-3-5-12-6-8(9)10/h8H,2-6H2,1H3. The van der Waals surface area contributed by atoms with Gasteiger partial charge in [-0.05, 0) is 6.42 Å². The zero-order valence-electron chi connectivity index (χ0n) is 7.19. The first-order chi connectivity index (χ1) is 5.66. The number of carbonyl (C=O) groups excluding carboxylic acids is 1. The van der Waals surface area contributed by atoms with Gasteiger partial charge in [-0.25, -0.2) is 8.78 Å². The summed E-state index contributed by atoms with van der Waals surface area (Å²) in [6.45, 7) is 1.50. The van der Waals surface area contributed by atoms with Gasteiger partial charge in [-0.15, -0.1) is 0 Å². The van der Waals surface area contributed by atoms with E-state index in [1.54, 1.807) is 6.92 Å². The molecule has 0 aromatic rings. The lowest BCUT2D eigenvalue weighted by Crippen LogP contribution is -2.06. The third-order valence-electron chi connectivity index (χ3n) is 1.38. The maximum Gasteiger partial charge on any atom is 0.261 e. The molecule has 0 N–H and O–H groups in total. The van der Waals surface area contributed by atoms with Gasteiger partial charge in [-0.2, -0.15) is 0 Å². The molecule has 0 saturated carbocycles. The number of Topliss-reactive ketones (excluding diaryl/α,β-unsaturated/α-hetero) is 1. The molecule has 0 atom stereocenters. The number of carbonyl (C=O) groups is 1. The van der Waals surface area contributed by atoms with Crippen molar-refractivity contribution in [2.45, 2.75) is 32.6 Å². The summed E-state index contributed by atoms with van der Waals surface area (Å²) in [7, 11) is 0. The Morgan fingerprint density at radius 2 is 2.17 bits per heavy atom. The van der Waals surface area contributed by atoms with Gasteiger partial charge < -0.3 is 4.74 Å². The van der Waals surface area contributed by atoms with Gasteiger partial charge in [-0.1, -0.05) is 6.92 Å². The molecule has 0 rings (SSSR count). The minimum Gasteiger partial charge on any atom is -0.376 e. The van der Waals surface area contributed by atoms with Crippen molar-refractivity contribution in [2.24, 2.45) is 0 Å². The van der Waals surface area contributed by atoms with E-state index < -0.39 is 13.0 Å². The van der Waals surface area contributed by atoms with Crippen LogP contribution in [-0.4, -0.2) is 25.4 Å². The van der Waals surface area contributed by atoms with Crippen molar-refractivity contribution >= 4 is 5.78 Å². The van der Waals surface area contributed by atoms with Crippen LogP contribution in [0.5, 0.6) is 0 Å². The molecule has 0 saturated heterocycles. The van der Waals surface area contributed by atoms with Gasteiger partial charge in [-0.3, -0.25) is 4.79 Å². The van der Waals surface area contributed by atoms with E-state index in [9.17, 15) is 13.6 Å². The van der Waals surface area contributed by atoms with Crippen LogP contribution in [0.4, 0.5) is 8.78 Å². The van der Waals surface area contributed by atoms with Crippen LogP contribution < -0.4 is 0 Å². The molecule has 2 nitrogen and oxygen atoms in total. The molecule has 0 aromatic heterocycles. The van der Waals surface area contributed by atoms with Crippen molar-refractivity contribution in [3.05, 3.63) is 0 Å². The number of hydrogen-bond acceptors (Lipinski definition) is 2.